The summed E-state index contributed by atoms with van der Waals surface area (Å²) in [5.41, 5.74) is 2.42. The van der Waals surface area contributed by atoms with Crippen molar-refractivity contribution < 1.29 is 4.79 Å². The van der Waals surface area contributed by atoms with Gasteiger partial charge in [-0.3, -0.25) is 9.78 Å². The summed E-state index contributed by atoms with van der Waals surface area (Å²) in [4.78, 5) is 18.5. The number of amides is 1. The second-order valence-electron chi connectivity index (χ2n) is 6.12. The number of hydrogen-bond acceptors (Lipinski definition) is 4. The van der Waals surface area contributed by atoms with Crippen LogP contribution in [0.2, 0.25) is 0 Å². The van der Waals surface area contributed by atoms with Crippen molar-refractivity contribution in [2.75, 3.05) is 19.6 Å². The third kappa shape index (κ3) is 5.28. The van der Waals surface area contributed by atoms with Crippen molar-refractivity contribution in [3.05, 3.63) is 58.6 Å². The van der Waals surface area contributed by atoms with Crippen molar-refractivity contribution in [3.8, 4) is 0 Å². The minimum Gasteiger partial charge on any atom is -0.350 e. The molecule has 1 amide bonds. The van der Waals surface area contributed by atoms with E-state index in [-0.39, 0.29) is 5.91 Å². The first-order chi connectivity index (χ1) is 11.8. The van der Waals surface area contributed by atoms with Crippen molar-refractivity contribution in [2.24, 2.45) is 0 Å². The van der Waals surface area contributed by atoms with E-state index >= 15 is 0 Å². The lowest BCUT2D eigenvalue weighted by molar-refractivity contribution is -0.117. The van der Waals surface area contributed by atoms with Gasteiger partial charge in [-0.2, -0.15) is 11.3 Å². The van der Waals surface area contributed by atoms with E-state index in [0.29, 0.717) is 6.04 Å². The van der Waals surface area contributed by atoms with Crippen LogP contribution in [0, 0.1) is 0 Å². The molecule has 126 valence electrons. The third-order valence-electron chi connectivity index (χ3n) is 4.37. The molecular formula is C19H23N3OS. The smallest absolute Gasteiger partial charge is 0.244 e. The van der Waals surface area contributed by atoms with Gasteiger partial charge in [-0.15, -0.1) is 0 Å². The normalized spacial score (nSPS) is 16.5. The van der Waals surface area contributed by atoms with Crippen LogP contribution in [0.1, 0.15) is 24.0 Å². The molecule has 0 saturated carbocycles. The van der Waals surface area contributed by atoms with E-state index in [1.165, 1.54) is 5.56 Å². The molecule has 0 unspecified atom stereocenters. The standard InChI is InChI=1S/C19H23N3OS/c23-19(2-1-17-8-14-24-15-17)21-18-6-12-22(13-7-18)11-5-16-3-9-20-10-4-16/h1-4,8-10,14-15,18H,5-7,11-13H2,(H,21,23)/b2-1+. The largest absolute Gasteiger partial charge is 0.350 e. The molecule has 0 aliphatic carbocycles. The number of nitrogens with zero attached hydrogens (tertiary/aromatic N) is 2. The summed E-state index contributed by atoms with van der Waals surface area (Å²) in [5, 5.41) is 7.16. The van der Waals surface area contributed by atoms with E-state index in [4.69, 9.17) is 0 Å². The van der Waals surface area contributed by atoms with Gasteiger partial charge in [0.15, 0.2) is 0 Å². The van der Waals surface area contributed by atoms with E-state index < -0.39 is 0 Å². The first-order valence-electron chi connectivity index (χ1n) is 8.41. The van der Waals surface area contributed by atoms with E-state index in [1.807, 2.05) is 35.3 Å². The molecule has 0 radical (unpaired) electrons. The number of hydrogen-bond donors (Lipinski definition) is 1. The van der Waals surface area contributed by atoms with Gasteiger partial charge in [0.1, 0.15) is 0 Å². The Hall–Kier alpha value is -1.98. The zero-order valence-electron chi connectivity index (χ0n) is 13.7. The fraction of sp³-hybridized carbons (Fsp3) is 0.368. The molecule has 2 aromatic rings. The predicted molar refractivity (Wildman–Crippen MR) is 98.9 cm³/mol. The number of carbonyl (C=O) groups excluding carboxylic acids is 1. The van der Waals surface area contributed by atoms with Gasteiger partial charge in [0.2, 0.25) is 5.91 Å². The Bertz CT molecular complexity index is 647. The first-order valence-corrected chi connectivity index (χ1v) is 9.36. The molecule has 3 heterocycles. The fourth-order valence-corrected chi connectivity index (χ4v) is 3.56. The van der Waals surface area contributed by atoms with Crippen molar-refractivity contribution >= 4 is 23.3 Å². The fourth-order valence-electron chi connectivity index (χ4n) is 2.93. The number of carbonyl (C=O) groups is 1. The summed E-state index contributed by atoms with van der Waals surface area (Å²) in [5.74, 6) is 0.0106. The Labute approximate surface area is 147 Å². The van der Waals surface area contributed by atoms with Crippen LogP contribution in [-0.2, 0) is 11.2 Å². The maximum atomic E-state index is 12.0. The lowest BCUT2D eigenvalue weighted by atomic mass is 10.0. The Balaban J connectivity index is 1.36. The highest BCUT2D eigenvalue weighted by molar-refractivity contribution is 7.08. The lowest BCUT2D eigenvalue weighted by Crippen LogP contribution is -2.44. The molecule has 2 aromatic heterocycles. The number of nitrogens with one attached hydrogen (secondary N) is 1. The monoisotopic (exact) mass is 341 g/mol. The van der Waals surface area contributed by atoms with Crippen LogP contribution in [0.3, 0.4) is 0 Å². The summed E-state index contributed by atoms with van der Waals surface area (Å²) in [6.07, 6.45) is 10.3. The minimum atomic E-state index is 0.0106. The highest BCUT2D eigenvalue weighted by Crippen LogP contribution is 2.12. The first kappa shape index (κ1) is 16.9. The molecule has 5 heteroatoms. The number of rotatable bonds is 6. The van der Waals surface area contributed by atoms with Gasteiger partial charge in [-0.05, 0) is 65.4 Å². The highest BCUT2D eigenvalue weighted by Gasteiger charge is 2.19. The van der Waals surface area contributed by atoms with Crippen LogP contribution in [-0.4, -0.2) is 41.5 Å². The summed E-state index contributed by atoms with van der Waals surface area (Å²) < 4.78 is 0. The van der Waals surface area contributed by atoms with Crippen LogP contribution in [0.25, 0.3) is 6.08 Å². The number of pyridine rings is 1. The molecule has 0 bridgehead atoms. The maximum absolute atomic E-state index is 12.0. The molecule has 1 fully saturated rings. The summed E-state index contributed by atoms with van der Waals surface area (Å²) in [7, 11) is 0. The Morgan fingerprint density at radius 2 is 2.08 bits per heavy atom. The average molecular weight is 341 g/mol. The van der Waals surface area contributed by atoms with Gasteiger partial charge in [0, 0.05) is 44.1 Å². The second kappa shape index (κ2) is 8.76. The SMILES string of the molecule is O=C(/C=C/c1ccsc1)NC1CCN(CCc2ccncc2)CC1. The van der Waals surface area contributed by atoms with Crippen LogP contribution in [0.4, 0.5) is 0 Å². The molecule has 1 saturated heterocycles. The topological polar surface area (TPSA) is 45.2 Å². The number of likely N-dealkylation sites (tertiary alicyclic amines) is 1. The van der Waals surface area contributed by atoms with Gasteiger partial charge in [0.25, 0.3) is 0 Å². The van der Waals surface area contributed by atoms with Gasteiger partial charge < -0.3 is 10.2 Å². The second-order valence-corrected chi connectivity index (χ2v) is 6.90. The van der Waals surface area contributed by atoms with E-state index in [1.54, 1.807) is 17.4 Å². The van der Waals surface area contributed by atoms with Gasteiger partial charge in [-0.1, -0.05) is 0 Å². The maximum Gasteiger partial charge on any atom is 0.244 e. The summed E-state index contributed by atoms with van der Waals surface area (Å²) in [6, 6.07) is 6.46. The Morgan fingerprint density at radius 3 is 2.79 bits per heavy atom. The average Bonchev–Trinajstić information content (AvgIpc) is 3.14. The molecule has 3 rings (SSSR count). The Kier molecular flexibility index (Phi) is 6.15. The van der Waals surface area contributed by atoms with E-state index in [9.17, 15) is 4.79 Å². The Morgan fingerprint density at radius 1 is 1.29 bits per heavy atom. The van der Waals surface area contributed by atoms with Crippen LogP contribution < -0.4 is 5.32 Å². The molecular weight excluding hydrogens is 318 g/mol. The molecule has 1 N–H and O–H groups in total. The lowest BCUT2D eigenvalue weighted by Gasteiger charge is -2.32. The zero-order valence-corrected chi connectivity index (χ0v) is 14.5. The third-order valence-corrected chi connectivity index (χ3v) is 5.07. The number of piperidine rings is 1. The highest BCUT2D eigenvalue weighted by atomic mass is 32.1. The van der Waals surface area contributed by atoms with Gasteiger partial charge >= 0.3 is 0 Å². The van der Waals surface area contributed by atoms with Crippen molar-refractivity contribution in [3.63, 3.8) is 0 Å². The van der Waals surface area contributed by atoms with Crippen molar-refractivity contribution in [1.29, 1.82) is 0 Å². The van der Waals surface area contributed by atoms with Gasteiger partial charge in [0.05, 0.1) is 0 Å². The molecule has 0 aromatic carbocycles. The minimum absolute atomic E-state index is 0.0106. The zero-order chi connectivity index (χ0) is 16.6. The summed E-state index contributed by atoms with van der Waals surface area (Å²) >= 11 is 1.64. The van der Waals surface area contributed by atoms with Crippen molar-refractivity contribution in [1.82, 2.24) is 15.2 Å². The van der Waals surface area contributed by atoms with Gasteiger partial charge in [-0.25, -0.2) is 0 Å². The van der Waals surface area contributed by atoms with Crippen LogP contribution in [0.15, 0.2) is 47.4 Å². The van der Waals surface area contributed by atoms with E-state index in [0.717, 1.165) is 44.5 Å². The number of aromatic nitrogens is 1. The van der Waals surface area contributed by atoms with Crippen LogP contribution in [0.5, 0.6) is 0 Å². The molecule has 1 aliphatic rings. The molecule has 4 nitrogen and oxygen atoms in total. The molecule has 24 heavy (non-hydrogen) atoms. The van der Waals surface area contributed by atoms with Crippen LogP contribution >= 0.6 is 11.3 Å². The quantitative estimate of drug-likeness (QED) is 0.822. The molecule has 1 aliphatic heterocycles. The van der Waals surface area contributed by atoms with E-state index in [2.05, 4.69) is 27.3 Å². The summed E-state index contributed by atoms with van der Waals surface area (Å²) in [6.45, 7) is 3.16. The number of thiophene rings is 1. The molecule has 0 atom stereocenters. The molecule has 0 spiro atoms. The predicted octanol–water partition coefficient (Wildman–Crippen LogP) is 2.98. The van der Waals surface area contributed by atoms with Crippen molar-refractivity contribution in [2.45, 2.75) is 25.3 Å².